The zero-order chi connectivity index (χ0) is 17.4. The summed E-state index contributed by atoms with van der Waals surface area (Å²) in [4.78, 5) is 12.4. The van der Waals surface area contributed by atoms with E-state index in [2.05, 4.69) is 0 Å². The van der Waals surface area contributed by atoms with Crippen LogP contribution in [0.5, 0.6) is 0 Å². The van der Waals surface area contributed by atoms with Crippen molar-refractivity contribution in [3.05, 3.63) is 64.9 Å². The molecule has 0 aromatic heterocycles. The fourth-order valence-corrected chi connectivity index (χ4v) is 3.92. The molecule has 4 rings (SSSR count). The Balaban J connectivity index is 1.67. The fraction of sp³-hybridized carbons (Fsp3) is 0.286. The Hall–Kier alpha value is -2.26. The Morgan fingerprint density at radius 3 is 1.96 bits per heavy atom. The average molecular weight is 355 g/mol. The lowest BCUT2D eigenvalue weighted by Crippen LogP contribution is -2.34. The molecule has 0 radical (unpaired) electrons. The van der Waals surface area contributed by atoms with Gasteiger partial charge in [-0.2, -0.15) is 0 Å². The van der Waals surface area contributed by atoms with Gasteiger partial charge in [0.05, 0.1) is 0 Å². The minimum atomic E-state index is -0.792. The highest BCUT2D eigenvalue weighted by Crippen LogP contribution is 2.45. The third kappa shape index (κ3) is 2.83. The quantitative estimate of drug-likeness (QED) is 0.720. The molecule has 1 aliphatic carbocycles. The van der Waals surface area contributed by atoms with E-state index < -0.39 is 11.6 Å². The number of hydrogen-bond donors (Lipinski definition) is 1. The highest BCUT2D eigenvalue weighted by atomic mass is 35.5. The van der Waals surface area contributed by atoms with Gasteiger partial charge in [-0.1, -0.05) is 54.4 Å². The second-order valence-corrected chi connectivity index (χ2v) is 7.19. The molecular weight excluding hydrogens is 336 g/mol. The van der Waals surface area contributed by atoms with Crippen LogP contribution in [0.4, 0.5) is 0 Å². The van der Waals surface area contributed by atoms with E-state index in [-0.39, 0.29) is 5.76 Å². The maximum Gasteiger partial charge on any atom is 0.343 e. The Labute approximate surface area is 151 Å². The third-order valence-corrected chi connectivity index (χ3v) is 5.42. The number of rotatable bonds is 2. The van der Waals surface area contributed by atoms with Gasteiger partial charge in [-0.3, -0.25) is 0 Å². The van der Waals surface area contributed by atoms with Crippen LogP contribution in [-0.2, 0) is 9.53 Å². The molecule has 3 nitrogen and oxygen atoms in total. The summed E-state index contributed by atoms with van der Waals surface area (Å²) in [6.07, 6.45) is 4.48. The number of hydrogen-bond acceptors (Lipinski definition) is 3. The molecule has 0 unspecified atom stereocenters. The minimum absolute atomic E-state index is 0.108. The van der Waals surface area contributed by atoms with Gasteiger partial charge in [0.25, 0.3) is 0 Å². The summed E-state index contributed by atoms with van der Waals surface area (Å²) >= 11 is 5.93. The maximum absolute atomic E-state index is 12.4. The molecule has 1 spiro atoms. The number of halogens is 1. The van der Waals surface area contributed by atoms with Crippen LogP contribution in [0, 0.1) is 0 Å². The highest BCUT2D eigenvalue weighted by molar-refractivity contribution is 6.30. The lowest BCUT2D eigenvalue weighted by Gasteiger charge is -2.31. The second-order valence-electron chi connectivity index (χ2n) is 6.75. The van der Waals surface area contributed by atoms with Crippen LogP contribution in [0.15, 0.2) is 54.3 Å². The number of ether oxygens (including phenoxy) is 1. The van der Waals surface area contributed by atoms with Crippen molar-refractivity contribution in [2.45, 2.75) is 37.7 Å². The van der Waals surface area contributed by atoms with Crippen molar-refractivity contribution in [1.29, 1.82) is 0 Å². The van der Waals surface area contributed by atoms with Crippen LogP contribution in [0.3, 0.4) is 0 Å². The molecule has 0 amide bonds. The zero-order valence-electron chi connectivity index (χ0n) is 13.8. The first kappa shape index (κ1) is 16.2. The Kier molecular flexibility index (Phi) is 4.04. The van der Waals surface area contributed by atoms with Crippen LogP contribution in [0.2, 0.25) is 5.02 Å². The summed E-state index contributed by atoms with van der Waals surface area (Å²) < 4.78 is 5.62. The van der Waals surface area contributed by atoms with Crippen molar-refractivity contribution in [1.82, 2.24) is 0 Å². The normalized spacial score (nSPS) is 19.3. The minimum Gasteiger partial charge on any atom is -0.507 e. The van der Waals surface area contributed by atoms with Gasteiger partial charge in [0.1, 0.15) is 5.57 Å². The lowest BCUT2D eigenvalue weighted by atomic mass is 9.82. The van der Waals surface area contributed by atoms with E-state index in [1.54, 1.807) is 0 Å². The van der Waals surface area contributed by atoms with Crippen LogP contribution >= 0.6 is 11.6 Å². The van der Waals surface area contributed by atoms with Crippen LogP contribution in [0.25, 0.3) is 16.7 Å². The molecule has 1 aliphatic heterocycles. The smallest absolute Gasteiger partial charge is 0.343 e. The first-order valence-electron chi connectivity index (χ1n) is 8.62. The summed E-state index contributed by atoms with van der Waals surface area (Å²) in [5.74, 6) is -0.310. The van der Waals surface area contributed by atoms with Crippen molar-refractivity contribution >= 4 is 23.1 Å². The van der Waals surface area contributed by atoms with Gasteiger partial charge in [-0.25, -0.2) is 4.79 Å². The third-order valence-electron chi connectivity index (χ3n) is 5.17. The molecule has 4 heteroatoms. The first-order valence-corrected chi connectivity index (χ1v) is 9.00. The molecule has 0 saturated heterocycles. The standard InChI is InChI=1S/C21H19ClO3/c22-17-10-8-15(9-11-17)14-4-6-16(7-5-14)18-19(23)21(25-20(18)24)12-2-1-3-13-21/h4-11,23H,1-3,12-13H2. The van der Waals surface area contributed by atoms with Crippen molar-refractivity contribution in [2.75, 3.05) is 0 Å². The van der Waals surface area contributed by atoms with Gasteiger partial charge >= 0.3 is 5.97 Å². The van der Waals surface area contributed by atoms with E-state index in [0.29, 0.717) is 29.0 Å². The van der Waals surface area contributed by atoms with Gasteiger partial charge < -0.3 is 9.84 Å². The monoisotopic (exact) mass is 354 g/mol. The number of esters is 1. The maximum atomic E-state index is 12.4. The van der Waals surface area contributed by atoms with E-state index in [1.807, 2.05) is 48.5 Å². The van der Waals surface area contributed by atoms with Crippen molar-refractivity contribution in [3.8, 4) is 11.1 Å². The van der Waals surface area contributed by atoms with Crippen LogP contribution in [-0.4, -0.2) is 16.7 Å². The number of benzene rings is 2. The Morgan fingerprint density at radius 2 is 1.36 bits per heavy atom. The van der Waals surface area contributed by atoms with E-state index in [4.69, 9.17) is 16.3 Å². The van der Waals surface area contributed by atoms with Crippen LogP contribution in [0.1, 0.15) is 37.7 Å². The van der Waals surface area contributed by atoms with E-state index in [9.17, 15) is 9.90 Å². The van der Waals surface area contributed by atoms with Gasteiger partial charge in [-0.15, -0.1) is 0 Å². The van der Waals surface area contributed by atoms with Crippen molar-refractivity contribution < 1.29 is 14.6 Å². The molecule has 1 saturated carbocycles. The highest BCUT2D eigenvalue weighted by Gasteiger charge is 2.48. The lowest BCUT2D eigenvalue weighted by molar-refractivity contribution is -0.149. The molecule has 1 N–H and O–H groups in total. The van der Waals surface area contributed by atoms with Gasteiger partial charge in [0.2, 0.25) is 0 Å². The molecular formula is C21H19ClO3. The number of aliphatic hydroxyl groups is 1. The molecule has 0 atom stereocenters. The summed E-state index contributed by atoms with van der Waals surface area (Å²) in [7, 11) is 0. The fourth-order valence-electron chi connectivity index (χ4n) is 3.79. The Bertz CT molecular complexity index is 828. The van der Waals surface area contributed by atoms with E-state index in [1.165, 1.54) is 0 Å². The van der Waals surface area contributed by atoms with Crippen LogP contribution < -0.4 is 0 Å². The number of carbonyl (C=O) groups excluding carboxylic acids is 1. The zero-order valence-corrected chi connectivity index (χ0v) is 14.6. The molecule has 0 bridgehead atoms. The van der Waals surface area contributed by atoms with Gasteiger partial charge in [0, 0.05) is 5.02 Å². The predicted octanol–water partition coefficient (Wildman–Crippen LogP) is 5.54. The topological polar surface area (TPSA) is 46.5 Å². The molecule has 25 heavy (non-hydrogen) atoms. The molecule has 2 aromatic rings. The summed E-state index contributed by atoms with van der Waals surface area (Å²) in [6.45, 7) is 0. The number of aliphatic hydroxyl groups excluding tert-OH is 1. The van der Waals surface area contributed by atoms with Gasteiger partial charge in [-0.05, 0) is 54.5 Å². The largest absolute Gasteiger partial charge is 0.507 e. The molecule has 2 aliphatic rings. The molecule has 1 fully saturated rings. The van der Waals surface area contributed by atoms with E-state index in [0.717, 1.165) is 30.4 Å². The SMILES string of the molecule is O=C1OC2(CCCCC2)C(O)=C1c1ccc(-c2ccc(Cl)cc2)cc1. The van der Waals surface area contributed by atoms with Crippen molar-refractivity contribution in [3.63, 3.8) is 0 Å². The van der Waals surface area contributed by atoms with E-state index >= 15 is 0 Å². The summed E-state index contributed by atoms with van der Waals surface area (Å²) in [5, 5.41) is 11.4. The predicted molar refractivity (Wildman–Crippen MR) is 98.3 cm³/mol. The average Bonchev–Trinajstić information content (AvgIpc) is 2.86. The first-order chi connectivity index (χ1) is 12.1. The number of carbonyl (C=O) groups is 1. The summed E-state index contributed by atoms with van der Waals surface area (Å²) in [5.41, 5.74) is 2.29. The second kappa shape index (κ2) is 6.23. The van der Waals surface area contributed by atoms with Crippen molar-refractivity contribution in [2.24, 2.45) is 0 Å². The Morgan fingerprint density at radius 1 is 0.840 bits per heavy atom. The molecule has 128 valence electrons. The summed E-state index contributed by atoms with van der Waals surface area (Å²) in [6, 6.07) is 15.2. The molecule has 1 heterocycles. The molecule has 2 aromatic carbocycles. The van der Waals surface area contributed by atoms with Gasteiger partial charge in [0.15, 0.2) is 11.4 Å².